The molecule has 0 aliphatic carbocycles. The van der Waals surface area contributed by atoms with Crippen molar-refractivity contribution in [2.24, 2.45) is 5.10 Å². The minimum Gasteiger partial charge on any atom is -0.507 e. The molecule has 0 aliphatic rings. The van der Waals surface area contributed by atoms with Crippen LogP contribution in [0.15, 0.2) is 60.0 Å². The van der Waals surface area contributed by atoms with E-state index in [1.165, 1.54) is 0 Å². The summed E-state index contributed by atoms with van der Waals surface area (Å²) in [5, 5.41) is 28.1. The van der Waals surface area contributed by atoms with Gasteiger partial charge in [-0.3, -0.25) is 5.43 Å². The Balaban J connectivity index is 1.74. The molecule has 0 bridgehead atoms. The zero-order valence-electron chi connectivity index (χ0n) is 12.0. The average Bonchev–Trinajstić information content (AvgIpc) is 3.05. The van der Waals surface area contributed by atoms with Crippen molar-refractivity contribution in [3.05, 3.63) is 60.4 Å². The first-order chi connectivity index (χ1) is 11.3. The van der Waals surface area contributed by atoms with Crippen molar-refractivity contribution in [2.75, 3.05) is 5.43 Å². The standard InChI is InChI=1S/C16H12N6O/c23-14-8-4-1-5-11(14)9-17-19-15-12-6-2-3-7-13(12)16-20-18-10-22(16)21-15/h1-10,23H,(H,19,21)/b17-9-. The maximum Gasteiger partial charge on any atom is 0.185 e. The highest BCUT2D eigenvalue weighted by atomic mass is 16.3. The van der Waals surface area contributed by atoms with E-state index in [9.17, 15) is 5.11 Å². The number of phenolic OH excluding ortho intramolecular Hbond substituents is 1. The summed E-state index contributed by atoms with van der Waals surface area (Å²) >= 11 is 0. The summed E-state index contributed by atoms with van der Waals surface area (Å²) in [5.41, 5.74) is 4.23. The number of aromatic nitrogens is 4. The molecule has 0 fully saturated rings. The van der Waals surface area contributed by atoms with E-state index in [2.05, 4.69) is 25.8 Å². The second kappa shape index (κ2) is 5.38. The van der Waals surface area contributed by atoms with Crippen LogP contribution in [0, 0.1) is 0 Å². The molecule has 2 aromatic carbocycles. The summed E-state index contributed by atoms with van der Waals surface area (Å²) in [6.07, 6.45) is 3.09. The number of hydrazone groups is 1. The van der Waals surface area contributed by atoms with Crippen molar-refractivity contribution in [2.45, 2.75) is 0 Å². The first-order valence-corrected chi connectivity index (χ1v) is 6.99. The molecule has 0 aliphatic heterocycles. The fraction of sp³-hybridized carbons (Fsp3) is 0. The van der Waals surface area contributed by atoms with E-state index in [1.807, 2.05) is 30.3 Å². The third kappa shape index (κ3) is 2.34. The highest BCUT2D eigenvalue weighted by molar-refractivity contribution is 6.00. The van der Waals surface area contributed by atoms with E-state index in [0.717, 1.165) is 10.8 Å². The van der Waals surface area contributed by atoms with Crippen LogP contribution >= 0.6 is 0 Å². The van der Waals surface area contributed by atoms with Gasteiger partial charge in [0.25, 0.3) is 0 Å². The average molecular weight is 304 g/mol. The number of nitrogens with one attached hydrogen (secondary N) is 1. The molecule has 2 aromatic heterocycles. The molecule has 112 valence electrons. The molecule has 2 heterocycles. The Bertz CT molecular complexity index is 1020. The Labute approximate surface area is 130 Å². The van der Waals surface area contributed by atoms with Crippen LogP contribution in [0.3, 0.4) is 0 Å². The predicted molar refractivity (Wildman–Crippen MR) is 87.6 cm³/mol. The van der Waals surface area contributed by atoms with E-state index in [1.54, 1.807) is 35.3 Å². The van der Waals surface area contributed by atoms with Gasteiger partial charge in [-0.15, -0.1) is 15.3 Å². The lowest BCUT2D eigenvalue weighted by atomic mass is 10.2. The molecular weight excluding hydrogens is 292 g/mol. The third-order valence-corrected chi connectivity index (χ3v) is 3.47. The molecule has 0 unspecified atom stereocenters. The van der Waals surface area contributed by atoms with Gasteiger partial charge in [0.05, 0.1) is 6.21 Å². The minimum absolute atomic E-state index is 0.171. The van der Waals surface area contributed by atoms with Gasteiger partial charge in [-0.25, -0.2) is 0 Å². The largest absolute Gasteiger partial charge is 0.507 e. The molecule has 4 rings (SSSR count). The summed E-state index contributed by atoms with van der Waals surface area (Å²) in [5.74, 6) is 0.754. The molecule has 4 aromatic rings. The summed E-state index contributed by atoms with van der Waals surface area (Å²) in [4.78, 5) is 0. The SMILES string of the molecule is Oc1ccccc1/C=N\Nc1nn2cnnc2c2ccccc12. The summed E-state index contributed by atoms with van der Waals surface area (Å²) in [6.45, 7) is 0. The van der Waals surface area contributed by atoms with Gasteiger partial charge in [0.15, 0.2) is 11.5 Å². The molecule has 0 amide bonds. The highest BCUT2D eigenvalue weighted by Crippen LogP contribution is 2.23. The Morgan fingerprint density at radius 3 is 2.70 bits per heavy atom. The van der Waals surface area contributed by atoms with Crippen molar-refractivity contribution in [1.82, 2.24) is 19.8 Å². The van der Waals surface area contributed by atoms with Crippen molar-refractivity contribution in [3.8, 4) is 5.75 Å². The minimum atomic E-state index is 0.171. The molecule has 2 N–H and O–H groups in total. The number of hydrogen-bond donors (Lipinski definition) is 2. The number of rotatable bonds is 3. The van der Waals surface area contributed by atoms with Crippen LogP contribution in [0.5, 0.6) is 5.75 Å². The highest BCUT2D eigenvalue weighted by Gasteiger charge is 2.08. The number of fused-ring (bicyclic) bond motifs is 3. The van der Waals surface area contributed by atoms with Crippen LogP contribution in [0.1, 0.15) is 5.56 Å². The van der Waals surface area contributed by atoms with Gasteiger partial charge in [0.1, 0.15) is 12.1 Å². The van der Waals surface area contributed by atoms with E-state index in [-0.39, 0.29) is 5.75 Å². The fourth-order valence-corrected chi connectivity index (χ4v) is 2.37. The van der Waals surface area contributed by atoms with Gasteiger partial charge in [0, 0.05) is 16.3 Å². The fourth-order valence-electron chi connectivity index (χ4n) is 2.37. The quantitative estimate of drug-likeness (QED) is 0.448. The lowest BCUT2D eigenvalue weighted by Gasteiger charge is -2.06. The smallest absolute Gasteiger partial charge is 0.185 e. The molecule has 7 nitrogen and oxygen atoms in total. The number of anilines is 1. The van der Waals surface area contributed by atoms with Crippen LogP contribution in [0.4, 0.5) is 5.82 Å². The molecule has 0 saturated carbocycles. The summed E-state index contributed by atoms with van der Waals surface area (Å²) in [6, 6.07) is 14.7. The number of para-hydroxylation sites is 1. The second-order valence-electron chi connectivity index (χ2n) is 4.92. The Hall–Kier alpha value is -3.48. The van der Waals surface area contributed by atoms with Crippen molar-refractivity contribution < 1.29 is 5.11 Å². The monoisotopic (exact) mass is 304 g/mol. The van der Waals surface area contributed by atoms with Crippen LogP contribution in [-0.2, 0) is 0 Å². The maximum atomic E-state index is 9.74. The first-order valence-electron chi connectivity index (χ1n) is 6.99. The second-order valence-corrected chi connectivity index (χ2v) is 4.92. The van der Waals surface area contributed by atoms with E-state index >= 15 is 0 Å². The van der Waals surface area contributed by atoms with Crippen molar-refractivity contribution >= 4 is 28.5 Å². The Morgan fingerprint density at radius 2 is 1.83 bits per heavy atom. The van der Waals surface area contributed by atoms with Gasteiger partial charge in [0.2, 0.25) is 0 Å². The number of nitrogens with zero attached hydrogens (tertiary/aromatic N) is 5. The number of phenols is 1. The molecule has 0 radical (unpaired) electrons. The lowest BCUT2D eigenvalue weighted by molar-refractivity contribution is 0.474. The van der Waals surface area contributed by atoms with Crippen LogP contribution in [0.2, 0.25) is 0 Å². The number of hydrogen-bond acceptors (Lipinski definition) is 6. The molecule has 0 saturated heterocycles. The maximum absolute atomic E-state index is 9.74. The van der Waals surface area contributed by atoms with Crippen LogP contribution in [0.25, 0.3) is 16.4 Å². The van der Waals surface area contributed by atoms with Crippen LogP contribution in [-0.4, -0.2) is 31.1 Å². The van der Waals surface area contributed by atoms with Crippen molar-refractivity contribution in [3.63, 3.8) is 0 Å². The van der Waals surface area contributed by atoms with E-state index < -0.39 is 0 Å². The lowest BCUT2D eigenvalue weighted by Crippen LogP contribution is -2.00. The molecule has 23 heavy (non-hydrogen) atoms. The molecule has 0 spiro atoms. The molecule has 7 heteroatoms. The zero-order chi connectivity index (χ0) is 15.6. The molecular formula is C16H12N6O. The van der Waals surface area contributed by atoms with Gasteiger partial charge in [-0.05, 0) is 12.1 Å². The number of benzene rings is 2. The van der Waals surface area contributed by atoms with Gasteiger partial charge < -0.3 is 5.11 Å². The number of aromatic hydroxyl groups is 1. The topological polar surface area (TPSA) is 87.7 Å². The van der Waals surface area contributed by atoms with Gasteiger partial charge >= 0.3 is 0 Å². The van der Waals surface area contributed by atoms with Crippen molar-refractivity contribution in [1.29, 1.82) is 0 Å². The van der Waals surface area contributed by atoms with Crippen LogP contribution < -0.4 is 5.43 Å². The summed E-state index contributed by atoms with van der Waals surface area (Å²) in [7, 11) is 0. The first kappa shape index (κ1) is 13.2. The zero-order valence-corrected chi connectivity index (χ0v) is 12.0. The normalized spacial score (nSPS) is 11.5. The Morgan fingerprint density at radius 1 is 1.04 bits per heavy atom. The van der Waals surface area contributed by atoms with E-state index in [0.29, 0.717) is 17.0 Å². The summed E-state index contributed by atoms with van der Waals surface area (Å²) < 4.78 is 1.60. The van der Waals surface area contributed by atoms with Gasteiger partial charge in [-0.2, -0.15) is 9.62 Å². The van der Waals surface area contributed by atoms with E-state index in [4.69, 9.17) is 0 Å². The van der Waals surface area contributed by atoms with Gasteiger partial charge in [-0.1, -0.05) is 36.4 Å². The Kier molecular flexibility index (Phi) is 3.09. The predicted octanol–water partition coefficient (Wildman–Crippen LogP) is 2.43. The third-order valence-electron chi connectivity index (χ3n) is 3.47. The molecule has 0 atom stereocenters.